The van der Waals surface area contributed by atoms with Crippen molar-refractivity contribution in [2.24, 2.45) is 10.9 Å². The second kappa shape index (κ2) is 10.1. The van der Waals surface area contributed by atoms with Gasteiger partial charge in [-0.25, -0.2) is 0 Å². The first kappa shape index (κ1) is 20.2. The largest absolute Gasteiger partial charge is 0.379 e. The van der Waals surface area contributed by atoms with Gasteiger partial charge in [0.2, 0.25) is 0 Å². The van der Waals surface area contributed by atoms with E-state index >= 15 is 0 Å². The molecule has 1 saturated carbocycles. The summed E-state index contributed by atoms with van der Waals surface area (Å²) in [6.07, 6.45) is 2.68. The van der Waals surface area contributed by atoms with Crippen molar-refractivity contribution in [3.05, 3.63) is 35.9 Å². The van der Waals surface area contributed by atoms with E-state index in [1.165, 1.54) is 18.4 Å². The Morgan fingerprint density at radius 1 is 1.22 bits per heavy atom. The van der Waals surface area contributed by atoms with Gasteiger partial charge < -0.3 is 15.4 Å². The van der Waals surface area contributed by atoms with E-state index in [4.69, 9.17) is 4.74 Å². The molecule has 0 saturated heterocycles. The molecule has 5 heteroatoms. The van der Waals surface area contributed by atoms with Gasteiger partial charge in [0.1, 0.15) is 0 Å². The van der Waals surface area contributed by atoms with Crippen LogP contribution in [-0.4, -0.2) is 39.3 Å². The van der Waals surface area contributed by atoms with E-state index in [0.717, 1.165) is 38.2 Å². The van der Waals surface area contributed by atoms with Crippen LogP contribution in [0.25, 0.3) is 0 Å². The summed E-state index contributed by atoms with van der Waals surface area (Å²) in [5.74, 6) is 1.66. The highest BCUT2D eigenvalue weighted by Crippen LogP contribution is 2.28. The number of rotatable bonds is 8. The van der Waals surface area contributed by atoms with Gasteiger partial charge in [-0.3, -0.25) is 4.99 Å². The van der Waals surface area contributed by atoms with Crippen LogP contribution in [0.2, 0.25) is 0 Å². The monoisotopic (exact) mass is 431 g/mol. The van der Waals surface area contributed by atoms with Crippen LogP contribution in [0.1, 0.15) is 32.3 Å². The number of benzene rings is 1. The highest BCUT2D eigenvalue weighted by Gasteiger charge is 2.21. The fourth-order valence-corrected chi connectivity index (χ4v) is 2.29. The quantitative estimate of drug-likeness (QED) is 0.288. The van der Waals surface area contributed by atoms with Crippen LogP contribution < -0.4 is 10.6 Å². The average Bonchev–Trinajstić information content (AvgIpc) is 3.35. The fourth-order valence-electron chi connectivity index (χ4n) is 2.29. The van der Waals surface area contributed by atoms with Gasteiger partial charge >= 0.3 is 0 Å². The Morgan fingerprint density at radius 2 is 1.91 bits per heavy atom. The van der Waals surface area contributed by atoms with E-state index in [1.54, 1.807) is 7.05 Å². The van der Waals surface area contributed by atoms with E-state index in [0.29, 0.717) is 0 Å². The SMILES string of the molecule is CN=C(NCCOCC1CC1)NCC(C)(C)c1ccccc1.I. The molecule has 2 N–H and O–H groups in total. The van der Waals surface area contributed by atoms with Crippen molar-refractivity contribution in [3.8, 4) is 0 Å². The molecule has 0 heterocycles. The molecule has 0 radical (unpaired) electrons. The van der Waals surface area contributed by atoms with Crippen LogP contribution >= 0.6 is 24.0 Å². The van der Waals surface area contributed by atoms with Crippen LogP contribution in [0.15, 0.2) is 35.3 Å². The molecule has 130 valence electrons. The first-order valence-electron chi connectivity index (χ1n) is 8.19. The summed E-state index contributed by atoms with van der Waals surface area (Å²) in [7, 11) is 1.80. The molecule has 0 atom stereocenters. The third-order valence-corrected chi connectivity index (χ3v) is 4.07. The lowest BCUT2D eigenvalue weighted by Gasteiger charge is -2.26. The van der Waals surface area contributed by atoms with Gasteiger partial charge in [0.05, 0.1) is 6.61 Å². The molecule has 2 rings (SSSR count). The molecule has 0 spiro atoms. The van der Waals surface area contributed by atoms with Crippen molar-refractivity contribution in [1.29, 1.82) is 0 Å². The van der Waals surface area contributed by atoms with E-state index in [-0.39, 0.29) is 29.4 Å². The number of nitrogens with zero attached hydrogens (tertiary/aromatic N) is 1. The maximum atomic E-state index is 5.62. The molecule has 0 aliphatic heterocycles. The van der Waals surface area contributed by atoms with Crippen molar-refractivity contribution in [2.75, 3.05) is 33.4 Å². The Hall–Kier alpha value is -0.820. The average molecular weight is 431 g/mol. The molecular formula is C18H30IN3O. The van der Waals surface area contributed by atoms with Crippen molar-refractivity contribution < 1.29 is 4.74 Å². The molecule has 0 aromatic heterocycles. The third kappa shape index (κ3) is 7.52. The Morgan fingerprint density at radius 3 is 2.52 bits per heavy atom. The zero-order valence-electron chi connectivity index (χ0n) is 14.5. The van der Waals surface area contributed by atoms with Crippen molar-refractivity contribution in [1.82, 2.24) is 10.6 Å². The molecular weight excluding hydrogens is 401 g/mol. The first-order valence-corrected chi connectivity index (χ1v) is 8.19. The first-order chi connectivity index (χ1) is 10.6. The molecule has 0 unspecified atom stereocenters. The van der Waals surface area contributed by atoms with Crippen LogP contribution in [0.4, 0.5) is 0 Å². The minimum atomic E-state index is 0. The molecule has 1 aliphatic rings. The minimum Gasteiger partial charge on any atom is -0.379 e. The summed E-state index contributed by atoms with van der Waals surface area (Å²) in [5.41, 5.74) is 1.38. The summed E-state index contributed by atoms with van der Waals surface area (Å²) in [6.45, 7) is 7.74. The summed E-state index contributed by atoms with van der Waals surface area (Å²) in [6, 6.07) is 10.6. The van der Waals surface area contributed by atoms with Crippen LogP contribution in [0, 0.1) is 5.92 Å². The smallest absolute Gasteiger partial charge is 0.191 e. The van der Waals surface area contributed by atoms with E-state index in [2.05, 4.69) is 59.8 Å². The van der Waals surface area contributed by atoms with Gasteiger partial charge in [-0.1, -0.05) is 44.2 Å². The highest BCUT2D eigenvalue weighted by molar-refractivity contribution is 14.0. The predicted molar refractivity (Wildman–Crippen MR) is 108 cm³/mol. The molecule has 1 aromatic carbocycles. The molecule has 23 heavy (non-hydrogen) atoms. The van der Waals surface area contributed by atoms with E-state index < -0.39 is 0 Å². The highest BCUT2D eigenvalue weighted by atomic mass is 127. The standard InChI is InChI=1S/C18H29N3O.HI/c1-18(2,16-7-5-4-6-8-16)14-21-17(19-3)20-11-12-22-13-15-9-10-15;/h4-8,15H,9-14H2,1-3H3,(H2,19,20,21);1H. The number of hydrogen-bond donors (Lipinski definition) is 2. The zero-order chi connectivity index (χ0) is 15.8. The summed E-state index contributed by atoms with van der Waals surface area (Å²) < 4.78 is 5.62. The number of ether oxygens (including phenoxy) is 1. The second-order valence-electron chi connectivity index (χ2n) is 6.62. The van der Waals surface area contributed by atoms with Crippen LogP contribution in [-0.2, 0) is 10.2 Å². The number of guanidine groups is 1. The van der Waals surface area contributed by atoms with Gasteiger partial charge in [0.15, 0.2) is 5.96 Å². The number of halogens is 1. The number of aliphatic imine (C=N–C) groups is 1. The molecule has 4 nitrogen and oxygen atoms in total. The lowest BCUT2D eigenvalue weighted by atomic mass is 9.85. The van der Waals surface area contributed by atoms with Crippen LogP contribution in [0.3, 0.4) is 0 Å². The molecule has 1 aromatic rings. The second-order valence-corrected chi connectivity index (χ2v) is 6.62. The maximum absolute atomic E-state index is 5.62. The van der Waals surface area contributed by atoms with Gasteiger partial charge in [0.25, 0.3) is 0 Å². The summed E-state index contributed by atoms with van der Waals surface area (Å²) in [4.78, 5) is 4.27. The summed E-state index contributed by atoms with van der Waals surface area (Å²) >= 11 is 0. The lowest BCUT2D eigenvalue weighted by molar-refractivity contribution is 0.129. The van der Waals surface area contributed by atoms with Crippen molar-refractivity contribution >= 4 is 29.9 Å². The number of nitrogens with one attached hydrogen (secondary N) is 2. The molecule has 1 fully saturated rings. The van der Waals surface area contributed by atoms with Gasteiger partial charge in [-0.05, 0) is 24.3 Å². The third-order valence-electron chi connectivity index (χ3n) is 4.07. The number of hydrogen-bond acceptors (Lipinski definition) is 2. The molecule has 0 amide bonds. The Balaban J connectivity index is 0.00000264. The topological polar surface area (TPSA) is 45.7 Å². The molecule has 0 bridgehead atoms. The Kier molecular flexibility index (Phi) is 8.91. The minimum absolute atomic E-state index is 0. The van der Waals surface area contributed by atoms with Crippen molar-refractivity contribution in [2.45, 2.75) is 32.1 Å². The fraction of sp³-hybridized carbons (Fsp3) is 0.611. The summed E-state index contributed by atoms with van der Waals surface area (Å²) in [5, 5.41) is 6.71. The predicted octanol–water partition coefficient (Wildman–Crippen LogP) is 3.17. The zero-order valence-corrected chi connectivity index (χ0v) is 16.8. The van der Waals surface area contributed by atoms with Gasteiger partial charge in [0, 0.05) is 32.2 Å². The van der Waals surface area contributed by atoms with Crippen LogP contribution in [0.5, 0.6) is 0 Å². The Bertz CT molecular complexity index is 472. The Labute approximate surface area is 157 Å². The van der Waals surface area contributed by atoms with E-state index in [1.807, 2.05) is 0 Å². The van der Waals surface area contributed by atoms with E-state index in [9.17, 15) is 0 Å². The van der Waals surface area contributed by atoms with Gasteiger partial charge in [-0.2, -0.15) is 0 Å². The molecule has 1 aliphatic carbocycles. The lowest BCUT2D eigenvalue weighted by Crippen LogP contribution is -2.44. The van der Waals surface area contributed by atoms with Gasteiger partial charge in [-0.15, -0.1) is 24.0 Å². The van der Waals surface area contributed by atoms with Crippen molar-refractivity contribution in [3.63, 3.8) is 0 Å². The maximum Gasteiger partial charge on any atom is 0.191 e. The normalized spacial score (nSPS) is 15.0.